The number of hydrogen-bond donors (Lipinski definition) is 1. The molecular weight excluding hydrogens is 366 g/mol. The Hall–Kier alpha value is -3.49. The predicted molar refractivity (Wildman–Crippen MR) is 100 cm³/mol. The molecule has 1 amide bonds. The van der Waals surface area contributed by atoms with E-state index in [2.05, 4.69) is 10.4 Å². The number of anilines is 1. The van der Waals surface area contributed by atoms with Gasteiger partial charge in [0.1, 0.15) is 0 Å². The van der Waals surface area contributed by atoms with Crippen LogP contribution in [0.2, 0.25) is 0 Å². The minimum absolute atomic E-state index is 0.0761. The Kier molecular flexibility index (Phi) is 7.44. The van der Waals surface area contributed by atoms with Crippen molar-refractivity contribution >= 4 is 23.5 Å². The van der Waals surface area contributed by atoms with Gasteiger partial charge in [-0.2, -0.15) is 5.10 Å². The molecule has 0 aliphatic carbocycles. The van der Waals surface area contributed by atoms with Crippen LogP contribution in [0.4, 0.5) is 5.69 Å². The number of aryl methyl sites for hydroxylation is 1. The minimum Gasteiger partial charge on any atom is -0.462 e. The quantitative estimate of drug-likeness (QED) is 0.684. The van der Waals surface area contributed by atoms with Crippen molar-refractivity contribution in [2.24, 2.45) is 0 Å². The van der Waals surface area contributed by atoms with E-state index >= 15 is 0 Å². The monoisotopic (exact) mass is 387 g/mol. The molecule has 2 aromatic rings. The highest BCUT2D eigenvalue weighted by Crippen LogP contribution is 2.16. The van der Waals surface area contributed by atoms with Crippen LogP contribution in [-0.4, -0.2) is 40.8 Å². The molecule has 0 radical (unpaired) electrons. The molecule has 1 aromatic carbocycles. The zero-order valence-electron chi connectivity index (χ0n) is 15.6. The van der Waals surface area contributed by atoms with Gasteiger partial charge in [-0.3, -0.25) is 9.59 Å². The number of esters is 2. The van der Waals surface area contributed by atoms with E-state index in [1.807, 2.05) is 6.92 Å². The molecule has 1 heterocycles. The van der Waals surface area contributed by atoms with E-state index in [4.69, 9.17) is 9.47 Å². The Bertz CT molecular complexity index is 922. The average Bonchev–Trinajstić information content (AvgIpc) is 2.68. The molecule has 9 heteroatoms. The zero-order chi connectivity index (χ0) is 20.5. The first-order valence-electron chi connectivity index (χ1n) is 8.77. The molecule has 0 fully saturated rings. The molecule has 0 saturated carbocycles. The molecule has 28 heavy (non-hydrogen) atoms. The highest BCUT2D eigenvalue weighted by molar-refractivity contribution is 6.02. The van der Waals surface area contributed by atoms with E-state index in [9.17, 15) is 19.2 Å². The van der Waals surface area contributed by atoms with Crippen LogP contribution in [0, 0.1) is 0 Å². The molecular formula is C19H21N3O6. The number of nitrogens with zero attached hydrogens (tertiary/aromatic N) is 2. The van der Waals surface area contributed by atoms with Crippen LogP contribution in [0.15, 0.2) is 41.2 Å². The van der Waals surface area contributed by atoms with Gasteiger partial charge in [0.2, 0.25) is 0 Å². The van der Waals surface area contributed by atoms with E-state index in [1.54, 1.807) is 19.1 Å². The Balaban J connectivity index is 2.00. The maximum atomic E-state index is 12.1. The zero-order valence-corrected chi connectivity index (χ0v) is 15.6. The topological polar surface area (TPSA) is 117 Å². The van der Waals surface area contributed by atoms with Gasteiger partial charge in [-0.05, 0) is 31.5 Å². The molecule has 0 saturated heterocycles. The Morgan fingerprint density at radius 2 is 1.79 bits per heavy atom. The van der Waals surface area contributed by atoms with Crippen LogP contribution in [-0.2, 0) is 20.8 Å². The lowest BCUT2D eigenvalue weighted by atomic mass is 10.2. The van der Waals surface area contributed by atoms with Gasteiger partial charge in [0, 0.05) is 12.6 Å². The summed E-state index contributed by atoms with van der Waals surface area (Å²) in [6.07, 6.45) is 0.674. The fourth-order valence-corrected chi connectivity index (χ4v) is 2.30. The van der Waals surface area contributed by atoms with Crippen LogP contribution in [0.5, 0.6) is 0 Å². The first kappa shape index (κ1) is 20.8. The fraction of sp³-hybridized carbons (Fsp3) is 0.316. The number of ether oxygens (including phenoxy) is 2. The molecule has 148 valence electrons. The summed E-state index contributed by atoms with van der Waals surface area (Å²) in [6, 6.07) is 8.79. The third-order valence-corrected chi connectivity index (χ3v) is 3.54. The number of amides is 1. The second-order valence-corrected chi connectivity index (χ2v) is 5.67. The molecule has 1 N–H and O–H groups in total. The van der Waals surface area contributed by atoms with Crippen LogP contribution < -0.4 is 10.9 Å². The number of para-hydroxylation sites is 1. The van der Waals surface area contributed by atoms with Crippen molar-refractivity contribution in [3.05, 3.63) is 58.0 Å². The second kappa shape index (κ2) is 10.0. The van der Waals surface area contributed by atoms with Crippen molar-refractivity contribution < 1.29 is 23.9 Å². The number of benzene rings is 1. The van der Waals surface area contributed by atoms with E-state index in [-0.39, 0.29) is 29.1 Å². The number of nitrogens with one attached hydrogen (secondary N) is 1. The lowest BCUT2D eigenvalue weighted by molar-refractivity contribution is -0.119. The van der Waals surface area contributed by atoms with Crippen molar-refractivity contribution in [3.8, 4) is 0 Å². The summed E-state index contributed by atoms with van der Waals surface area (Å²) in [7, 11) is 0. The average molecular weight is 387 g/mol. The Labute approximate surface area is 161 Å². The Morgan fingerprint density at radius 3 is 2.50 bits per heavy atom. The summed E-state index contributed by atoms with van der Waals surface area (Å²) < 4.78 is 11.0. The molecule has 2 rings (SSSR count). The number of carbonyl (C=O) groups is 3. The number of carbonyl (C=O) groups excluding carboxylic acids is 3. The summed E-state index contributed by atoms with van der Waals surface area (Å²) in [4.78, 5) is 47.7. The molecule has 9 nitrogen and oxygen atoms in total. The summed E-state index contributed by atoms with van der Waals surface area (Å²) in [5.41, 5.74) is 0.0356. The largest absolute Gasteiger partial charge is 0.462 e. The summed E-state index contributed by atoms with van der Waals surface area (Å²) in [5, 5.41) is 6.42. The third-order valence-electron chi connectivity index (χ3n) is 3.54. The maximum Gasteiger partial charge on any atom is 0.359 e. The van der Waals surface area contributed by atoms with Crippen molar-refractivity contribution in [1.82, 2.24) is 9.78 Å². The molecule has 1 aromatic heterocycles. The number of aromatic nitrogens is 2. The van der Waals surface area contributed by atoms with Crippen molar-refractivity contribution in [2.75, 3.05) is 18.5 Å². The van der Waals surface area contributed by atoms with Gasteiger partial charge in [-0.1, -0.05) is 19.1 Å². The molecule has 0 aliphatic rings. The smallest absolute Gasteiger partial charge is 0.359 e. The first-order chi connectivity index (χ1) is 13.5. The lowest BCUT2D eigenvalue weighted by Gasteiger charge is -2.10. The van der Waals surface area contributed by atoms with Crippen molar-refractivity contribution in [3.63, 3.8) is 0 Å². The second-order valence-electron chi connectivity index (χ2n) is 5.67. The fourth-order valence-electron chi connectivity index (χ4n) is 2.30. The van der Waals surface area contributed by atoms with Gasteiger partial charge >= 0.3 is 11.9 Å². The van der Waals surface area contributed by atoms with Gasteiger partial charge in [0.25, 0.3) is 11.5 Å². The van der Waals surface area contributed by atoms with E-state index in [0.29, 0.717) is 13.0 Å². The molecule has 0 bridgehead atoms. The normalized spacial score (nSPS) is 10.2. The third kappa shape index (κ3) is 5.50. The van der Waals surface area contributed by atoms with E-state index in [0.717, 1.165) is 4.68 Å². The molecule has 0 atom stereocenters. The van der Waals surface area contributed by atoms with Gasteiger partial charge in [0.15, 0.2) is 12.3 Å². The summed E-state index contributed by atoms with van der Waals surface area (Å²) >= 11 is 0. The van der Waals surface area contributed by atoms with E-state index < -0.39 is 24.5 Å². The number of rotatable bonds is 8. The molecule has 0 spiro atoms. The highest BCUT2D eigenvalue weighted by Gasteiger charge is 2.16. The highest BCUT2D eigenvalue weighted by atomic mass is 16.5. The number of hydrogen-bond acceptors (Lipinski definition) is 7. The minimum atomic E-state index is -0.835. The van der Waals surface area contributed by atoms with E-state index in [1.165, 1.54) is 24.3 Å². The standard InChI is InChI=1S/C19H21N3O6/c1-3-11-22-17(24)10-9-15(21-22)19(26)28-12-16(23)20-14-8-6-5-7-13(14)18(25)27-4-2/h5-10H,3-4,11-12H2,1-2H3,(H,20,23). The first-order valence-corrected chi connectivity index (χ1v) is 8.77. The SMILES string of the molecule is CCCn1nc(C(=O)OCC(=O)Nc2ccccc2C(=O)OCC)ccc1=O. The molecule has 0 aliphatic heterocycles. The molecule has 0 unspecified atom stereocenters. The van der Waals surface area contributed by atoms with Crippen molar-refractivity contribution in [1.29, 1.82) is 0 Å². The summed E-state index contributed by atoms with van der Waals surface area (Å²) in [5.74, 6) is -2.04. The van der Waals surface area contributed by atoms with Crippen LogP contribution >= 0.6 is 0 Å². The maximum absolute atomic E-state index is 12.1. The van der Waals surface area contributed by atoms with Crippen LogP contribution in [0.25, 0.3) is 0 Å². The van der Waals surface area contributed by atoms with Gasteiger partial charge in [-0.25, -0.2) is 14.3 Å². The van der Waals surface area contributed by atoms with Gasteiger partial charge in [-0.15, -0.1) is 0 Å². The van der Waals surface area contributed by atoms with Crippen LogP contribution in [0.3, 0.4) is 0 Å². The Morgan fingerprint density at radius 1 is 1.04 bits per heavy atom. The predicted octanol–water partition coefficient (Wildman–Crippen LogP) is 1.63. The van der Waals surface area contributed by atoms with Crippen molar-refractivity contribution in [2.45, 2.75) is 26.8 Å². The van der Waals surface area contributed by atoms with Gasteiger partial charge < -0.3 is 14.8 Å². The van der Waals surface area contributed by atoms with Crippen LogP contribution in [0.1, 0.15) is 41.1 Å². The lowest BCUT2D eigenvalue weighted by Crippen LogP contribution is -2.26. The summed E-state index contributed by atoms with van der Waals surface area (Å²) in [6.45, 7) is 3.54. The van der Waals surface area contributed by atoms with Gasteiger partial charge in [0.05, 0.1) is 17.9 Å².